The highest BCUT2D eigenvalue weighted by molar-refractivity contribution is 5.46. The van der Waals surface area contributed by atoms with Crippen LogP contribution < -0.4 is 14.2 Å². The molecule has 1 N–H and O–H groups in total. The van der Waals surface area contributed by atoms with Gasteiger partial charge in [0, 0.05) is 25.7 Å². The van der Waals surface area contributed by atoms with Crippen molar-refractivity contribution in [2.24, 2.45) is 0 Å². The third-order valence-corrected chi connectivity index (χ3v) is 3.78. The summed E-state index contributed by atoms with van der Waals surface area (Å²) in [6.07, 6.45) is 2.80. The predicted octanol–water partition coefficient (Wildman–Crippen LogP) is 1.81. The van der Waals surface area contributed by atoms with Crippen LogP contribution in [0, 0.1) is 0 Å². The van der Waals surface area contributed by atoms with E-state index in [-0.39, 0.29) is 13.4 Å². The van der Waals surface area contributed by atoms with Crippen LogP contribution in [-0.4, -0.2) is 49.1 Å². The van der Waals surface area contributed by atoms with Crippen molar-refractivity contribution in [1.82, 2.24) is 4.90 Å². The van der Waals surface area contributed by atoms with Crippen LogP contribution in [0.5, 0.6) is 17.2 Å². The summed E-state index contributed by atoms with van der Waals surface area (Å²) in [5.74, 6) is 2.12. The molecule has 0 radical (unpaired) electrons. The smallest absolute Gasteiger partial charge is 0.231 e. The number of hydrogen-bond acceptors (Lipinski definition) is 5. The first-order valence-electron chi connectivity index (χ1n) is 7.29. The minimum atomic E-state index is -0.498. The van der Waals surface area contributed by atoms with Gasteiger partial charge >= 0.3 is 0 Å². The second kappa shape index (κ2) is 6.37. The molecule has 114 valence electrons. The molecule has 0 saturated heterocycles. The van der Waals surface area contributed by atoms with Gasteiger partial charge in [0.25, 0.3) is 0 Å². The number of hydrogen-bond donors (Lipinski definition) is 1. The molecule has 0 aliphatic carbocycles. The topological polar surface area (TPSA) is 51.2 Å². The molecule has 0 unspecified atom stereocenters. The molecule has 2 aliphatic heterocycles. The zero-order valence-electron chi connectivity index (χ0n) is 12.2. The van der Waals surface area contributed by atoms with E-state index < -0.39 is 6.10 Å². The second-order valence-electron chi connectivity index (χ2n) is 5.54. The predicted molar refractivity (Wildman–Crippen MR) is 78.9 cm³/mol. The highest BCUT2D eigenvalue weighted by Gasteiger charge is 2.16. The quantitative estimate of drug-likeness (QED) is 0.839. The zero-order chi connectivity index (χ0) is 14.7. The Kier molecular flexibility index (Phi) is 4.31. The van der Waals surface area contributed by atoms with Crippen molar-refractivity contribution in [2.45, 2.75) is 19.4 Å². The van der Waals surface area contributed by atoms with Gasteiger partial charge in [-0.2, -0.15) is 0 Å². The first-order valence-corrected chi connectivity index (χ1v) is 7.29. The van der Waals surface area contributed by atoms with E-state index in [2.05, 4.69) is 17.9 Å². The Morgan fingerprint density at radius 3 is 3.00 bits per heavy atom. The fourth-order valence-corrected chi connectivity index (χ4v) is 2.49. The van der Waals surface area contributed by atoms with E-state index in [9.17, 15) is 5.11 Å². The molecular weight excluding hydrogens is 270 g/mol. The number of fused-ring (bicyclic) bond motifs is 1. The highest BCUT2D eigenvalue weighted by atomic mass is 16.7. The lowest BCUT2D eigenvalue weighted by molar-refractivity contribution is 0.0708. The molecule has 1 aromatic rings. The zero-order valence-corrected chi connectivity index (χ0v) is 12.2. The van der Waals surface area contributed by atoms with Gasteiger partial charge in [-0.05, 0) is 25.5 Å². The van der Waals surface area contributed by atoms with E-state index in [1.165, 1.54) is 5.57 Å². The summed E-state index contributed by atoms with van der Waals surface area (Å²) >= 11 is 0. The number of benzene rings is 1. The van der Waals surface area contributed by atoms with Gasteiger partial charge in [0.2, 0.25) is 6.79 Å². The molecule has 0 aromatic heterocycles. The summed E-state index contributed by atoms with van der Waals surface area (Å²) in [6.45, 7) is 5.23. The highest BCUT2D eigenvalue weighted by Crippen LogP contribution is 2.35. The fourth-order valence-electron chi connectivity index (χ4n) is 2.49. The fraction of sp³-hybridized carbons (Fsp3) is 0.500. The number of rotatable bonds is 5. The number of nitrogens with zero attached hydrogens (tertiary/aromatic N) is 1. The molecule has 3 rings (SSSR count). The van der Waals surface area contributed by atoms with E-state index in [4.69, 9.17) is 14.2 Å². The maximum atomic E-state index is 10.1. The summed E-state index contributed by atoms with van der Waals surface area (Å²) in [7, 11) is 0. The van der Waals surface area contributed by atoms with E-state index in [1.54, 1.807) is 6.07 Å². The van der Waals surface area contributed by atoms with Gasteiger partial charge < -0.3 is 19.3 Å². The summed E-state index contributed by atoms with van der Waals surface area (Å²) in [4.78, 5) is 2.24. The number of ether oxygens (including phenoxy) is 3. The summed E-state index contributed by atoms with van der Waals surface area (Å²) in [6, 6.07) is 5.44. The van der Waals surface area contributed by atoms with Gasteiger partial charge in [-0.25, -0.2) is 0 Å². The van der Waals surface area contributed by atoms with Crippen LogP contribution >= 0.6 is 0 Å². The number of aliphatic hydroxyl groups excluding tert-OH is 1. The molecule has 5 nitrogen and oxygen atoms in total. The van der Waals surface area contributed by atoms with Gasteiger partial charge in [-0.15, -0.1) is 0 Å². The Morgan fingerprint density at radius 2 is 2.19 bits per heavy atom. The van der Waals surface area contributed by atoms with Crippen LogP contribution in [0.15, 0.2) is 29.8 Å². The molecule has 0 bridgehead atoms. The van der Waals surface area contributed by atoms with Crippen molar-refractivity contribution in [1.29, 1.82) is 0 Å². The van der Waals surface area contributed by atoms with Gasteiger partial charge in [0.1, 0.15) is 18.5 Å². The van der Waals surface area contributed by atoms with E-state index in [0.717, 1.165) is 25.3 Å². The van der Waals surface area contributed by atoms with Crippen molar-refractivity contribution >= 4 is 0 Å². The first-order chi connectivity index (χ1) is 10.2. The summed E-state index contributed by atoms with van der Waals surface area (Å²) < 4.78 is 16.2. The molecule has 0 spiro atoms. The first kappa shape index (κ1) is 14.2. The standard InChI is InChI=1S/C16H21NO4/c1-12-4-6-17(7-5-12)9-13(18)10-19-14-2-3-15-16(8-14)21-11-20-15/h2-4,8,13,18H,5-7,9-11H2,1H3/t13-/m0/s1. The van der Waals surface area contributed by atoms with Crippen LogP contribution in [0.1, 0.15) is 13.3 Å². The number of aliphatic hydroxyl groups is 1. The van der Waals surface area contributed by atoms with Crippen LogP contribution in [0.3, 0.4) is 0 Å². The molecule has 1 atom stereocenters. The maximum absolute atomic E-state index is 10.1. The van der Waals surface area contributed by atoms with Gasteiger partial charge in [-0.3, -0.25) is 4.90 Å². The Balaban J connectivity index is 1.46. The molecular formula is C16H21NO4. The van der Waals surface area contributed by atoms with Crippen molar-refractivity contribution in [3.63, 3.8) is 0 Å². The Labute approximate surface area is 124 Å². The van der Waals surface area contributed by atoms with Crippen molar-refractivity contribution in [2.75, 3.05) is 33.0 Å². The van der Waals surface area contributed by atoms with Gasteiger partial charge in [-0.1, -0.05) is 11.6 Å². The summed E-state index contributed by atoms with van der Waals surface area (Å²) in [5.41, 5.74) is 1.43. The molecule has 0 saturated carbocycles. The third kappa shape index (κ3) is 3.68. The lowest BCUT2D eigenvalue weighted by atomic mass is 10.1. The van der Waals surface area contributed by atoms with Crippen LogP contribution in [0.4, 0.5) is 0 Å². The molecule has 0 amide bonds. The molecule has 0 fully saturated rings. The normalized spacial score (nSPS) is 19.2. The van der Waals surface area contributed by atoms with Crippen LogP contribution in [0.2, 0.25) is 0 Å². The lowest BCUT2D eigenvalue weighted by Crippen LogP contribution is -2.38. The maximum Gasteiger partial charge on any atom is 0.231 e. The lowest BCUT2D eigenvalue weighted by Gasteiger charge is -2.27. The monoisotopic (exact) mass is 291 g/mol. The minimum absolute atomic E-state index is 0.253. The molecule has 2 heterocycles. The average molecular weight is 291 g/mol. The molecule has 5 heteroatoms. The summed E-state index contributed by atoms with van der Waals surface area (Å²) in [5, 5.41) is 10.1. The second-order valence-corrected chi connectivity index (χ2v) is 5.54. The molecule has 2 aliphatic rings. The van der Waals surface area contributed by atoms with Crippen LogP contribution in [0.25, 0.3) is 0 Å². The average Bonchev–Trinajstić information content (AvgIpc) is 2.95. The number of β-amino-alcohol motifs (C(OH)–C–C–N with tert-alkyl or cyclic N) is 1. The van der Waals surface area contributed by atoms with Crippen LogP contribution in [-0.2, 0) is 0 Å². The molecule has 21 heavy (non-hydrogen) atoms. The third-order valence-electron chi connectivity index (χ3n) is 3.78. The van der Waals surface area contributed by atoms with E-state index in [0.29, 0.717) is 18.0 Å². The van der Waals surface area contributed by atoms with Crippen molar-refractivity contribution in [3.8, 4) is 17.2 Å². The van der Waals surface area contributed by atoms with Crippen molar-refractivity contribution < 1.29 is 19.3 Å². The SMILES string of the molecule is CC1=CCN(C[C@H](O)COc2ccc3c(c2)OCO3)CC1. The van der Waals surface area contributed by atoms with E-state index in [1.807, 2.05) is 12.1 Å². The Morgan fingerprint density at radius 1 is 1.33 bits per heavy atom. The Bertz CT molecular complexity index is 529. The Hall–Kier alpha value is -1.72. The minimum Gasteiger partial charge on any atom is -0.491 e. The van der Waals surface area contributed by atoms with E-state index >= 15 is 0 Å². The largest absolute Gasteiger partial charge is 0.491 e. The van der Waals surface area contributed by atoms with Gasteiger partial charge in [0.05, 0.1) is 0 Å². The van der Waals surface area contributed by atoms with Gasteiger partial charge in [0.15, 0.2) is 11.5 Å². The van der Waals surface area contributed by atoms with Crippen molar-refractivity contribution in [3.05, 3.63) is 29.8 Å². The molecule has 1 aromatic carbocycles.